The van der Waals surface area contributed by atoms with Crippen LogP contribution in [-0.4, -0.2) is 17.0 Å². The molecule has 1 amide bonds. The summed E-state index contributed by atoms with van der Waals surface area (Å²) in [6.07, 6.45) is 0. The molecule has 2 N–H and O–H groups in total. The molecule has 96 valence electrons. The fourth-order valence-corrected chi connectivity index (χ4v) is 2.37. The Morgan fingerprint density at radius 2 is 2.00 bits per heavy atom. The predicted octanol–water partition coefficient (Wildman–Crippen LogP) is 2.12. The molecular weight excluding hydrogens is 237 g/mol. The van der Waals surface area contributed by atoms with Crippen LogP contribution in [0.15, 0.2) is 24.3 Å². The maximum Gasteiger partial charge on any atom is 0.307 e. The molecule has 1 saturated carbocycles. The van der Waals surface area contributed by atoms with Gasteiger partial charge in [-0.15, -0.1) is 0 Å². The van der Waals surface area contributed by atoms with Gasteiger partial charge in [-0.25, -0.2) is 4.39 Å². The Kier molecular flexibility index (Phi) is 2.84. The van der Waals surface area contributed by atoms with Crippen molar-refractivity contribution in [3.05, 3.63) is 30.1 Å². The summed E-state index contributed by atoms with van der Waals surface area (Å²) < 4.78 is 12.9. The first-order valence-electron chi connectivity index (χ1n) is 5.63. The topological polar surface area (TPSA) is 66.4 Å². The normalized spacial score (nSPS) is 24.4. The fraction of sp³-hybridized carbons (Fsp3) is 0.385. The fourth-order valence-electron chi connectivity index (χ4n) is 2.37. The van der Waals surface area contributed by atoms with E-state index in [9.17, 15) is 14.0 Å². The first-order valence-corrected chi connectivity index (χ1v) is 5.63. The molecular formula is C13H14FNO3. The van der Waals surface area contributed by atoms with E-state index in [1.807, 2.05) is 0 Å². The number of hydrogen-bond donors (Lipinski definition) is 2. The van der Waals surface area contributed by atoms with Gasteiger partial charge in [0.05, 0.1) is 11.8 Å². The molecule has 1 aromatic carbocycles. The minimum absolute atomic E-state index is 0.340. The average molecular weight is 251 g/mol. The number of benzene rings is 1. The third-order valence-electron chi connectivity index (χ3n) is 3.47. The zero-order chi connectivity index (χ0) is 13.5. The summed E-state index contributed by atoms with van der Waals surface area (Å²) in [5.41, 5.74) is -0.213. The van der Waals surface area contributed by atoms with Crippen molar-refractivity contribution >= 4 is 17.6 Å². The second-order valence-electron chi connectivity index (χ2n) is 5.11. The van der Waals surface area contributed by atoms with Crippen LogP contribution in [0, 0.1) is 23.1 Å². The van der Waals surface area contributed by atoms with E-state index in [-0.39, 0.29) is 5.91 Å². The van der Waals surface area contributed by atoms with E-state index in [2.05, 4.69) is 5.32 Å². The molecule has 0 saturated heterocycles. The summed E-state index contributed by atoms with van der Waals surface area (Å²) in [6, 6.07) is 5.52. The zero-order valence-corrected chi connectivity index (χ0v) is 10.1. The maximum absolute atomic E-state index is 12.9. The third-order valence-corrected chi connectivity index (χ3v) is 3.47. The van der Waals surface area contributed by atoms with Crippen LogP contribution < -0.4 is 5.32 Å². The third kappa shape index (κ3) is 2.08. The van der Waals surface area contributed by atoms with Crippen LogP contribution in [0.1, 0.15) is 13.8 Å². The van der Waals surface area contributed by atoms with Crippen molar-refractivity contribution in [3.8, 4) is 0 Å². The molecule has 1 aliphatic carbocycles. The molecule has 0 aromatic heterocycles. The molecule has 2 rings (SSSR count). The number of halogens is 1. The predicted molar refractivity (Wildman–Crippen MR) is 63.4 cm³/mol. The average Bonchev–Trinajstić information content (AvgIpc) is 2.81. The van der Waals surface area contributed by atoms with Crippen LogP contribution in [0.25, 0.3) is 0 Å². The van der Waals surface area contributed by atoms with E-state index in [0.29, 0.717) is 5.69 Å². The quantitative estimate of drug-likeness (QED) is 0.864. The van der Waals surface area contributed by atoms with E-state index in [0.717, 1.165) is 0 Å². The Morgan fingerprint density at radius 3 is 2.50 bits per heavy atom. The largest absolute Gasteiger partial charge is 0.481 e. The Bertz CT molecular complexity index is 513. The molecule has 0 radical (unpaired) electrons. The van der Waals surface area contributed by atoms with Crippen molar-refractivity contribution in [3.63, 3.8) is 0 Å². The SMILES string of the molecule is CC1(C)[C@H](C(=O)O)[C@@H]1C(=O)Nc1cccc(F)c1. The van der Waals surface area contributed by atoms with E-state index < -0.39 is 29.0 Å². The number of carboxylic acid groups (broad SMARTS) is 1. The molecule has 0 spiro atoms. The number of carboxylic acids is 1. The highest BCUT2D eigenvalue weighted by Crippen LogP contribution is 2.58. The van der Waals surface area contributed by atoms with Gasteiger partial charge in [0.25, 0.3) is 0 Å². The van der Waals surface area contributed by atoms with Crippen molar-refractivity contribution in [1.29, 1.82) is 0 Å². The van der Waals surface area contributed by atoms with Gasteiger partial charge in [0.1, 0.15) is 5.82 Å². The molecule has 1 aliphatic rings. The molecule has 1 aromatic rings. The van der Waals surface area contributed by atoms with Gasteiger partial charge in [0.2, 0.25) is 5.91 Å². The summed E-state index contributed by atoms with van der Waals surface area (Å²) in [7, 11) is 0. The van der Waals surface area contributed by atoms with Gasteiger partial charge in [0, 0.05) is 5.69 Å². The smallest absolute Gasteiger partial charge is 0.307 e. The zero-order valence-electron chi connectivity index (χ0n) is 10.1. The number of hydrogen-bond acceptors (Lipinski definition) is 2. The highest BCUT2D eigenvalue weighted by molar-refractivity contribution is 5.99. The summed E-state index contributed by atoms with van der Waals surface area (Å²) in [5, 5.41) is 11.5. The van der Waals surface area contributed by atoms with Gasteiger partial charge in [0.15, 0.2) is 0 Å². The summed E-state index contributed by atoms with van der Waals surface area (Å²) in [4.78, 5) is 22.9. The van der Waals surface area contributed by atoms with Crippen LogP contribution in [0.5, 0.6) is 0 Å². The molecule has 1 fully saturated rings. The summed E-state index contributed by atoms with van der Waals surface area (Å²) in [6.45, 7) is 3.48. The highest BCUT2D eigenvalue weighted by atomic mass is 19.1. The minimum Gasteiger partial charge on any atom is -0.481 e. The van der Waals surface area contributed by atoms with Crippen LogP contribution in [0.2, 0.25) is 0 Å². The summed E-state index contributed by atoms with van der Waals surface area (Å²) in [5.74, 6) is -3.04. The minimum atomic E-state index is -0.973. The Hall–Kier alpha value is -1.91. The second kappa shape index (κ2) is 4.08. The van der Waals surface area contributed by atoms with E-state index in [1.54, 1.807) is 19.9 Å². The van der Waals surface area contributed by atoms with E-state index in [1.165, 1.54) is 18.2 Å². The lowest BCUT2D eigenvalue weighted by Crippen LogP contribution is -2.17. The number of rotatable bonds is 3. The van der Waals surface area contributed by atoms with Crippen LogP contribution >= 0.6 is 0 Å². The number of nitrogens with one attached hydrogen (secondary N) is 1. The number of carbonyl (C=O) groups is 2. The molecule has 5 heteroatoms. The Balaban J connectivity index is 2.08. The maximum atomic E-state index is 12.9. The van der Waals surface area contributed by atoms with Crippen molar-refractivity contribution in [2.45, 2.75) is 13.8 Å². The first-order chi connectivity index (χ1) is 8.34. The van der Waals surface area contributed by atoms with Gasteiger partial charge in [-0.3, -0.25) is 9.59 Å². The van der Waals surface area contributed by atoms with Gasteiger partial charge in [-0.1, -0.05) is 19.9 Å². The van der Waals surface area contributed by atoms with E-state index >= 15 is 0 Å². The van der Waals surface area contributed by atoms with Crippen molar-refractivity contribution < 1.29 is 19.1 Å². The number of aliphatic carboxylic acids is 1. The second-order valence-corrected chi connectivity index (χ2v) is 5.11. The molecule has 0 bridgehead atoms. The Labute approximate surface area is 104 Å². The Morgan fingerprint density at radius 1 is 1.33 bits per heavy atom. The lowest BCUT2D eigenvalue weighted by molar-refractivity contribution is -0.140. The van der Waals surface area contributed by atoms with Crippen LogP contribution in [0.4, 0.5) is 10.1 Å². The van der Waals surface area contributed by atoms with Gasteiger partial charge >= 0.3 is 5.97 Å². The summed E-state index contributed by atoms with van der Waals surface area (Å²) >= 11 is 0. The lowest BCUT2D eigenvalue weighted by Gasteiger charge is -2.05. The highest BCUT2D eigenvalue weighted by Gasteiger charge is 2.65. The molecule has 18 heavy (non-hydrogen) atoms. The molecule has 2 atom stereocenters. The lowest BCUT2D eigenvalue weighted by atomic mass is 10.1. The monoisotopic (exact) mass is 251 g/mol. The van der Waals surface area contributed by atoms with E-state index in [4.69, 9.17) is 5.11 Å². The van der Waals surface area contributed by atoms with Crippen molar-refractivity contribution in [1.82, 2.24) is 0 Å². The van der Waals surface area contributed by atoms with Crippen molar-refractivity contribution in [2.75, 3.05) is 5.32 Å². The standard InChI is InChI=1S/C13H14FNO3/c1-13(2)9(10(13)12(17)18)11(16)15-8-5-3-4-7(14)6-8/h3-6,9-10H,1-2H3,(H,15,16)(H,17,18)/t9-,10+/m1/s1. The van der Waals surface area contributed by atoms with Gasteiger partial charge in [-0.2, -0.15) is 0 Å². The van der Waals surface area contributed by atoms with Gasteiger partial charge < -0.3 is 10.4 Å². The van der Waals surface area contributed by atoms with Crippen molar-refractivity contribution in [2.24, 2.45) is 17.3 Å². The number of anilines is 1. The molecule has 0 unspecified atom stereocenters. The molecule has 0 heterocycles. The number of amides is 1. The van der Waals surface area contributed by atoms with Crippen LogP contribution in [-0.2, 0) is 9.59 Å². The number of carbonyl (C=O) groups excluding carboxylic acids is 1. The van der Waals surface area contributed by atoms with Crippen LogP contribution in [0.3, 0.4) is 0 Å². The van der Waals surface area contributed by atoms with Gasteiger partial charge in [-0.05, 0) is 23.6 Å². The molecule has 4 nitrogen and oxygen atoms in total. The molecule has 0 aliphatic heterocycles. The first kappa shape index (κ1) is 12.5.